The van der Waals surface area contributed by atoms with Gasteiger partial charge in [-0.05, 0) is 51.4 Å². The first-order chi connectivity index (χ1) is 10.7. The molecule has 2 atom stereocenters. The van der Waals surface area contributed by atoms with Crippen LogP contribution in [0.15, 0.2) is 30.3 Å². The van der Waals surface area contributed by atoms with Gasteiger partial charge in [-0.2, -0.15) is 0 Å². The topological polar surface area (TPSA) is 32.3 Å². The Hall–Kier alpha value is -1.79. The van der Waals surface area contributed by atoms with Gasteiger partial charge in [-0.25, -0.2) is 0 Å². The fourth-order valence-corrected chi connectivity index (χ4v) is 3.49. The van der Waals surface area contributed by atoms with Gasteiger partial charge in [-0.1, -0.05) is 30.0 Å². The molecule has 2 fully saturated rings. The van der Waals surface area contributed by atoms with Gasteiger partial charge in [0.25, 0.3) is 0 Å². The van der Waals surface area contributed by atoms with Crippen molar-refractivity contribution in [2.24, 2.45) is 11.8 Å². The highest BCUT2D eigenvalue weighted by Crippen LogP contribution is 2.24. The fourth-order valence-electron chi connectivity index (χ4n) is 3.49. The predicted octanol–water partition coefficient (Wildman–Crippen LogP) is 2.27. The van der Waals surface area contributed by atoms with Crippen LogP contribution in [0, 0.1) is 23.7 Å². The molecule has 0 radical (unpaired) electrons. The minimum Gasteiger partial charge on any atom is -0.356 e. The van der Waals surface area contributed by atoms with Gasteiger partial charge < -0.3 is 5.32 Å². The van der Waals surface area contributed by atoms with Crippen molar-refractivity contribution in [1.82, 2.24) is 10.2 Å². The predicted molar refractivity (Wildman–Crippen MR) is 88.2 cm³/mol. The Morgan fingerprint density at radius 1 is 1.18 bits per heavy atom. The quantitative estimate of drug-likeness (QED) is 0.849. The summed E-state index contributed by atoms with van der Waals surface area (Å²) in [5, 5.41) is 2.95. The first-order valence-corrected chi connectivity index (χ1v) is 8.32. The second-order valence-electron chi connectivity index (χ2n) is 6.37. The maximum Gasteiger partial charge on any atom is 0.224 e. The monoisotopic (exact) mass is 296 g/mol. The Morgan fingerprint density at radius 2 is 1.91 bits per heavy atom. The summed E-state index contributed by atoms with van der Waals surface area (Å²) in [7, 11) is 0. The molecule has 2 heterocycles. The van der Waals surface area contributed by atoms with Gasteiger partial charge in [0.05, 0.1) is 5.92 Å². The third kappa shape index (κ3) is 3.51. The molecule has 3 rings (SSSR count). The Labute approximate surface area is 133 Å². The number of nitrogens with one attached hydrogen (secondary N) is 1. The highest BCUT2D eigenvalue weighted by Gasteiger charge is 2.34. The molecule has 22 heavy (non-hydrogen) atoms. The molecule has 1 aromatic rings. The van der Waals surface area contributed by atoms with Crippen LogP contribution in [0.5, 0.6) is 0 Å². The van der Waals surface area contributed by atoms with Crippen LogP contribution < -0.4 is 5.32 Å². The molecular formula is C19H24N2O. The van der Waals surface area contributed by atoms with Gasteiger partial charge in [0.2, 0.25) is 5.91 Å². The Morgan fingerprint density at radius 3 is 2.55 bits per heavy atom. The molecule has 0 bridgehead atoms. The van der Waals surface area contributed by atoms with Crippen molar-refractivity contribution >= 4 is 5.91 Å². The summed E-state index contributed by atoms with van der Waals surface area (Å²) in [6, 6.07) is 10.5. The molecule has 2 saturated heterocycles. The van der Waals surface area contributed by atoms with Crippen molar-refractivity contribution in [3.63, 3.8) is 0 Å². The van der Waals surface area contributed by atoms with Gasteiger partial charge in [0, 0.05) is 24.1 Å². The standard InChI is InChI=1S/C19H24N2O/c1-15(18-9-12-20-19(18)22)21-13-10-17(11-14-21)8-7-16-5-3-2-4-6-16/h2-6,15,17-18H,9-14H2,1H3,(H,20,22). The summed E-state index contributed by atoms with van der Waals surface area (Å²) < 4.78 is 0. The van der Waals surface area contributed by atoms with E-state index in [0.29, 0.717) is 12.0 Å². The van der Waals surface area contributed by atoms with E-state index in [0.717, 1.165) is 44.5 Å². The first-order valence-electron chi connectivity index (χ1n) is 8.32. The van der Waals surface area contributed by atoms with E-state index in [1.165, 1.54) is 0 Å². The molecule has 1 aromatic carbocycles. The van der Waals surface area contributed by atoms with Gasteiger partial charge >= 0.3 is 0 Å². The third-order valence-corrected chi connectivity index (χ3v) is 4.97. The summed E-state index contributed by atoms with van der Waals surface area (Å²) in [6.45, 7) is 5.15. The van der Waals surface area contributed by atoms with E-state index >= 15 is 0 Å². The smallest absolute Gasteiger partial charge is 0.224 e. The Balaban J connectivity index is 1.52. The summed E-state index contributed by atoms with van der Waals surface area (Å²) in [4.78, 5) is 14.3. The van der Waals surface area contributed by atoms with Crippen LogP contribution in [-0.4, -0.2) is 36.5 Å². The van der Waals surface area contributed by atoms with Crippen LogP contribution >= 0.6 is 0 Å². The largest absolute Gasteiger partial charge is 0.356 e. The fraction of sp³-hybridized carbons (Fsp3) is 0.526. The average Bonchev–Trinajstić information content (AvgIpc) is 3.00. The first kappa shape index (κ1) is 15.1. The van der Waals surface area contributed by atoms with Crippen LogP contribution in [0.2, 0.25) is 0 Å². The molecule has 0 saturated carbocycles. The lowest BCUT2D eigenvalue weighted by atomic mass is 9.92. The van der Waals surface area contributed by atoms with Crippen LogP contribution in [0.25, 0.3) is 0 Å². The van der Waals surface area contributed by atoms with Crippen molar-refractivity contribution < 1.29 is 4.79 Å². The van der Waals surface area contributed by atoms with E-state index in [1.54, 1.807) is 0 Å². The van der Waals surface area contributed by atoms with Crippen LogP contribution in [0.4, 0.5) is 0 Å². The van der Waals surface area contributed by atoms with E-state index in [1.807, 2.05) is 18.2 Å². The summed E-state index contributed by atoms with van der Waals surface area (Å²) in [5.74, 6) is 7.60. The highest BCUT2D eigenvalue weighted by atomic mass is 16.2. The van der Waals surface area contributed by atoms with Crippen molar-refractivity contribution in [2.45, 2.75) is 32.2 Å². The second kappa shape index (κ2) is 6.98. The van der Waals surface area contributed by atoms with Crippen LogP contribution in [-0.2, 0) is 4.79 Å². The summed E-state index contributed by atoms with van der Waals surface area (Å²) in [6.07, 6.45) is 3.20. The minimum absolute atomic E-state index is 0.173. The van der Waals surface area contributed by atoms with Crippen LogP contribution in [0.3, 0.4) is 0 Å². The number of hydrogen-bond acceptors (Lipinski definition) is 2. The van der Waals surface area contributed by atoms with Crippen molar-refractivity contribution in [1.29, 1.82) is 0 Å². The molecule has 3 heteroatoms. The number of carbonyl (C=O) groups is 1. The highest BCUT2D eigenvalue weighted by molar-refractivity contribution is 5.81. The number of rotatable bonds is 2. The lowest BCUT2D eigenvalue weighted by molar-refractivity contribution is -0.124. The molecular weight excluding hydrogens is 272 g/mol. The Bertz CT molecular complexity index is 564. The second-order valence-corrected chi connectivity index (χ2v) is 6.37. The normalized spacial score (nSPS) is 24.4. The average molecular weight is 296 g/mol. The number of likely N-dealkylation sites (tertiary alicyclic amines) is 1. The number of amides is 1. The van der Waals surface area contributed by atoms with Crippen molar-refractivity contribution in [3.8, 4) is 11.8 Å². The number of benzene rings is 1. The molecule has 2 aliphatic rings. The number of hydrogen-bond donors (Lipinski definition) is 1. The van der Waals surface area contributed by atoms with E-state index in [-0.39, 0.29) is 11.8 Å². The van der Waals surface area contributed by atoms with Gasteiger partial charge in [-0.3, -0.25) is 9.69 Å². The molecule has 0 aliphatic carbocycles. The molecule has 1 N–H and O–H groups in total. The molecule has 3 nitrogen and oxygen atoms in total. The zero-order valence-electron chi connectivity index (χ0n) is 13.2. The van der Waals surface area contributed by atoms with E-state index in [4.69, 9.17) is 0 Å². The molecule has 2 aliphatic heterocycles. The molecule has 116 valence electrons. The molecule has 0 aromatic heterocycles. The van der Waals surface area contributed by atoms with Gasteiger partial charge in [0.15, 0.2) is 0 Å². The number of carbonyl (C=O) groups excluding carboxylic acids is 1. The molecule has 0 spiro atoms. The maximum atomic E-state index is 11.8. The zero-order chi connectivity index (χ0) is 15.4. The minimum atomic E-state index is 0.173. The lowest BCUT2D eigenvalue weighted by Gasteiger charge is -2.36. The maximum absolute atomic E-state index is 11.8. The SMILES string of the molecule is CC(C1CCNC1=O)N1CCC(C#Cc2ccccc2)CC1. The Kier molecular flexibility index (Phi) is 4.80. The summed E-state index contributed by atoms with van der Waals surface area (Å²) in [5.41, 5.74) is 1.10. The van der Waals surface area contributed by atoms with E-state index in [9.17, 15) is 4.79 Å². The van der Waals surface area contributed by atoms with Crippen LogP contribution in [0.1, 0.15) is 31.7 Å². The third-order valence-electron chi connectivity index (χ3n) is 4.97. The van der Waals surface area contributed by atoms with E-state index < -0.39 is 0 Å². The number of nitrogens with zero attached hydrogens (tertiary/aromatic N) is 1. The van der Waals surface area contributed by atoms with Crippen molar-refractivity contribution in [3.05, 3.63) is 35.9 Å². The molecule has 1 amide bonds. The lowest BCUT2D eigenvalue weighted by Crippen LogP contribution is -2.45. The van der Waals surface area contributed by atoms with Crippen molar-refractivity contribution in [2.75, 3.05) is 19.6 Å². The molecule has 2 unspecified atom stereocenters. The number of piperidine rings is 1. The van der Waals surface area contributed by atoms with Gasteiger partial charge in [0.1, 0.15) is 0 Å². The zero-order valence-corrected chi connectivity index (χ0v) is 13.2. The summed E-state index contributed by atoms with van der Waals surface area (Å²) >= 11 is 0. The van der Waals surface area contributed by atoms with Gasteiger partial charge in [-0.15, -0.1) is 0 Å². The van der Waals surface area contributed by atoms with E-state index in [2.05, 4.69) is 41.1 Å².